The van der Waals surface area contributed by atoms with Crippen molar-refractivity contribution in [3.05, 3.63) is 23.3 Å². The van der Waals surface area contributed by atoms with Gasteiger partial charge in [0, 0.05) is 11.6 Å². The van der Waals surface area contributed by atoms with Crippen LogP contribution in [-0.2, 0) is 4.79 Å². The number of hydrogen-bond donors (Lipinski definition) is 1. The zero-order valence-electron chi connectivity index (χ0n) is 11.3. The highest BCUT2D eigenvalue weighted by atomic mass is 16.5. The van der Waals surface area contributed by atoms with E-state index in [4.69, 9.17) is 4.74 Å². The first-order chi connectivity index (χ1) is 7.99. The predicted molar refractivity (Wildman–Crippen MR) is 70.6 cm³/mol. The van der Waals surface area contributed by atoms with Crippen molar-refractivity contribution in [2.75, 3.05) is 12.4 Å². The zero-order valence-corrected chi connectivity index (χ0v) is 11.3. The molecule has 1 rings (SSSR count). The summed E-state index contributed by atoms with van der Waals surface area (Å²) in [6.07, 6.45) is 0.847. The summed E-state index contributed by atoms with van der Waals surface area (Å²) in [5.41, 5.74) is 2.95. The number of carbonyl (C=O) groups excluding carboxylic acids is 1. The summed E-state index contributed by atoms with van der Waals surface area (Å²) >= 11 is 0. The Morgan fingerprint density at radius 2 is 1.88 bits per heavy atom. The van der Waals surface area contributed by atoms with Crippen molar-refractivity contribution in [2.45, 2.75) is 34.1 Å². The fourth-order valence-electron chi connectivity index (χ4n) is 1.67. The first-order valence-electron chi connectivity index (χ1n) is 5.95. The van der Waals surface area contributed by atoms with Crippen molar-refractivity contribution in [1.82, 2.24) is 0 Å². The lowest BCUT2D eigenvalue weighted by molar-refractivity contribution is -0.119. The number of rotatable bonds is 4. The molecule has 17 heavy (non-hydrogen) atoms. The van der Waals surface area contributed by atoms with E-state index in [-0.39, 0.29) is 11.8 Å². The van der Waals surface area contributed by atoms with Crippen molar-refractivity contribution in [1.29, 1.82) is 0 Å². The molecule has 0 aliphatic rings. The van der Waals surface area contributed by atoms with Crippen molar-refractivity contribution in [3.63, 3.8) is 0 Å². The number of aryl methyl sites for hydroxylation is 2. The minimum atomic E-state index is 0.0379. The van der Waals surface area contributed by atoms with Gasteiger partial charge in [0.05, 0.1) is 7.11 Å². The van der Waals surface area contributed by atoms with Gasteiger partial charge in [0.25, 0.3) is 0 Å². The summed E-state index contributed by atoms with van der Waals surface area (Å²) < 4.78 is 5.19. The van der Waals surface area contributed by atoms with Gasteiger partial charge in [-0.25, -0.2) is 0 Å². The standard InChI is InChI=1S/C14H21NO2/c1-6-9(2)14(16)15-13-10(3)7-12(17-5)8-11(13)4/h7-9H,6H2,1-5H3,(H,15,16). The molecular formula is C14H21NO2. The molecule has 0 aliphatic heterocycles. The van der Waals surface area contributed by atoms with Gasteiger partial charge in [-0.3, -0.25) is 4.79 Å². The molecule has 0 fully saturated rings. The molecule has 1 aromatic carbocycles. The number of benzene rings is 1. The zero-order chi connectivity index (χ0) is 13.0. The maximum Gasteiger partial charge on any atom is 0.227 e. The molecule has 1 unspecified atom stereocenters. The number of methoxy groups -OCH3 is 1. The number of carbonyl (C=O) groups is 1. The highest BCUT2D eigenvalue weighted by Gasteiger charge is 2.13. The van der Waals surface area contributed by atoms with Crippen LogP contribution in [0, 0.1) is 19.8 Å². The molecule has 0 radical (unpaired) electrons. The first-order valence-corrected chi connectivity index (χ1v) is 5.95. The van der Waals surface area contributed by atoms with E-state index in [0.717, 1.165) is 29.0 Å². The molecule has 1 aromatic rings. The van der Waals surface area contributed by atoms with E-state index in [1.807, 2.05) is 39.8 Å². The van der Waals surface area contributed by atoms with Gasteiger partial charge in [-0.2, -0.15) is 0 Å². The molecular weight excluding hydrogens is 214 g/mol. The second kappa shape index (κ2) is 5.71. The van der Waals surface area contributed by atoms with Crippen molar-refractivity contribution < 1.29 is 9.53 Å². The molecule has 0 heterocycles. The Kier molecular flexibility index (Phi) is 4.55. The van der Waals surface area contributed by atoms with Crippen LogP contribution in [0.2, 0.25) is 0 Å². The topological polar surface area (TPSA) is 38.3 Å². The van der Waals surface area contributed by atoms with Crippen LogP contribution in [0.3, 0.4) is 0 Å². The second-order valence-corrected chi connectivity index (χ2v) is 4.43. The average Bonchev–Trinajstić information content (AvgIpc) is 2.31. The fraction of sp³-hybridized carbons (Fsp3) is 0.500. The van der Waals surface area contributed by atoms with Gasteiger partial charge in [0.2, 0.25) is 5.91 Å². The van der Waals surface area contributed by atoms with Crippen LogP contribution in [-0.4, -0.2) is 13.0 Å². The maximum absolute atomic E-state index is 11.9. The molecule has 0 aliphatic carbocycles. The van der Waals surface area contributed by atoms with Crippen LogP contribution in [0.15, 0.2) is 12.1 Å². The lowest BCUT2D eigenvalue weighted by Crippen LogP contribution is -2.20. The third kappa shape index (κ3) is 3.22. The quantitative estimate of drug-likeness (QED) is 0.869. The molecule has 0 saturated carbocycles. The van der Waals surface area contributed by atoms with Crippen LogP contribution in [0.5, 0.6) is 5.75 Å². The Morgan fingerprint density at radius 3 is 2.29 bits per heavy atom. The summed E-state index contributed by atoms with van der Waals surface area (Å²) in [7, 11) is 1.64. The van der Waals surface area contributed by atoms with Crippen LogP contribution in [0.1, 0.15) is 31.4 Å². The summed E-state index contributed by atoms with van der Waals surface area (Å²) in [6, 6.07) is 3.86. The molecule has 3 nitrogen and oxygen atoms in total. The third-order valence-electron chi connectivity index (χ3n) is 3.05. The average molecular weight is 235 g/mol. The van der Waals surface area contributed by atoms with Gasteiger partial charge in [-0.1, -0.05) is 13.8 Å². The minimum absolute atomic E-state index is 0.0379. The lowest BCUT2D eigenvalue weighted by Gasteiger charge is -2.15. The van der Waals surface area contributed by atoms with E-state index in [2.05, 4.69) is 5.32 Å². The van der Waals surface area contributed by atoms with Crippen LogP contribution in [0.4, 0.5) is 5.69 Å². The van der Waals surface area contributed by atoms with Crippen LogP contribution in [0.25, 0.3) is 0 Å². The van der Waals surface area contributed by atoms with Crippen LogP contribution < -0.4 is 10.1 Å². The number of anilines is 1. The summed E-state index contributed by atoms with van der Waals surface area (Å²) in [5.74, 6) is 0.932. The van der Waals surface area contributed by atoms with E-state index in [0.29, 0.717) is 0 Å². The fourth-order valence-corrected chi connectivity index (χ4v) is 1.67. The highest BCUT2D eigenvalue weighted by Crippen LogP contribution is 2.26. The normalized spacial score (nSPS) is 12.1. The molecule has 1 N–H and O–H groups in total. The van der Waals surface area contributed by atoms with Gasteiger partial charge in [0.15, 0.2) is 0 Å². The Balaban J connectivity index is 2.95. The number of ether oxygens (including phenoxy) is 1. The molecule has 1 amide bonds. The first kappa shape index (κ1) is 13.6. The second-order valence-electron chi connectivity index (χ2n) is 4.43. The molecule has 0 saturated heterocycles. The lowest BCUT2D eigenvalue weighted by atomic mass is 10.1. The number of amides is 1. The Hall–Kier alpha value is -1.51. The molecule has 3 heteroatoms. The van der Waals surface area contributed by atoms with E-state index in [1.54, 1.807) is 7.11 Å². The van der Waals surface area contributed by atoms with Crippen LogP contribution >= 0.6 is 0 Å². The van der Waals surface area contributed by atoms with E-state index in [1.165, 1.54) is 0 Å². The van der Waals surface area contributed by atoms with E-state index >= 15 is 0 Å². The molecule has 1 atom stereocenters. The highest BCUT2D eigenvalue weighted by molar-refractivity contribution is 5.93. The smallest absolute Gasteiger partial charge is 0.227 e. The van der Waals surface area contributed by atoms with Gasteiger partial charge in [-0.15, -0.1) is 0 Å². The molecule has 0 spiro atoms. The number of nitrogens with one attached hydrogen (secondary N) is 1. The Morgan fingerprint density at radius 1 is 1.35 bits per heavy atom. The molecule has 94 valence electrons. The van der Waals surface area contributed by atoms with Gasteiger partial charge in [0.1, 0.15) is 5.75 Å². The monoisotopic (exact) mass is 235 g/mol. The van der Waals surface area contributed by atoms with Gasteiger partial charge in [-0.05, 0) is 43.5 Å². The van der Waals surface area contributed by atoms with Gasteiger partial charge >= 0.3 is 0 Å². The van der Waals surface area contributed by atoms with Crippen molar-refractivity contribution in [3.8, 4) is 5.75 Å². The number of hydrogen-bond acceptors (Lipinski definition) is 2. The third-order valence-corrected chi connectivity index (χ3v) is 3.05. The van der Waals surface area contributed by atoms with Crippen molar-refractivity contribution in [2.24, 2.45) is 5.92 Å². The SMILES string of the molecule is CCC(C)C(=O)Nc1c(C)cc(OC)cc1C. The Labute approximate surface area is 103 Å². The maximum atomic E-state index is 11.9. The summed E-state index contributed by atoms with van der Waals surface area (Å²) in [5, 5.41) is 2.99. The molecule has 0 bridgehead atoms. The van der Waals surface area contributed by atoms with E-state index < -0.39 is 0 Å². The minimum Gasteiger partial charge on any atom is -0.497 e. The predicted octanol–water partition coefficient (Wildman–Crippen LogP) is 3.30. The molecule has 0 aromatic heterocycles. The Bertz CT molecular complexity index is 390. The summed E-state index contributed by atoms with van der Waals surface area (Å²) in [6.45, 7) is 7.89. The van der Waals surface area contributed by atoms with E-state index in [9.17, 15) is 4.79 Å². The largest absolute Gasteiger partial charge is 0.497 e. The summed E-state index contributed by atoms with van der Waals surface area (Å²) in [4.78, 5) is 11.9. The van der Waals surface area contributed by atoms with Crippen molar-refractivity contribution >= 4 is 11.6 Å². The van der Waals surface area contributed by atoms with Gasteiger partial charge < -0.3 is 10.1 Å².